The van der Waals surface area contributed by atoms with Gasteiger partial charge in [0.1, 0.15) is 0 Å². The lowest BCUT2D eigenvalue weighted by atomic mass is 9.80. The zero-order valence-corrected chi connectivity index (χ0v) is 14.6. The molecule has 1 saturated heterocycles. The van der Waals surface area contributed by atoms with E-state index in [-0.39, 0.29) is 23.3 Å². The Morgan fingerprint density at radius 1 is 1.32 bits per heavy atom. The monoisotopic (exact) mass is 302 g/mol. The van der Waals surface area contributed by atoms with Gasteiger partial charge in [-0.1, -0.05) is 45.0 Å². The van der Waals surface area contributed by atoms with Crippen molar-refractivity contribution in [2.75, 3.05) is 6.54 Å². The predicted molar refractivity (Wildman–Crippen MR) is 91.7 cm³/mol. The van der Waals surface area contributed by atoms with E-state index in [0.717, 1.165) is 19.4 Å². The van der Waals surface area contributed by atoms with E-state index in [1.54, 1.807) is 0 Å². The van der Waals surface area contributed by atoms with Gasteiger partial charge in [-0.15, -0.1) is 0 Å². The number of rotatable bonds is 3. The van der Waals surface area contributed by atoms with E-state index in [1.165, 1.54) is 11.1 Å². The normalized spacial score (nSPS) is 23.9. The Bertz CT molecular complexity index is 518. The van der Waals surface area contributed by atoms with Crippen LogP contribution in [0, 0.1) is 18.3 Å². The fourth-order valence-electron chi connectivity index (χ4n) is 3.30. The average molecular weight is 302 g/mol. The molecule has 1 aliphatic heterocycles. The minimum Gasteiger partial charge on any atom is -0.349 e. The largest absolute Gasteiger partial charge is 0.349 e. The maximum Gasteiger partial charge on any atom is 0.223 e. The van der Waals surface area contributed by atoms with Crippen molar-refractivity contribution in [3.05, 3.63) is 35.4 Å². The summed E-state index contributed by atoms with van der Waals surface area (Å²) in [6, 6.07) is 8.83. The summed E-state index contributed by atoms with van der Waals surface area (Å²) < 4.78 is 0. The molecule has 1 aliphatic rings. The maximum atomic E-state index is 12.7. The third-order valence-corrected chi connectivity index (χ3v) is 4.65. The Morgan fingerprint density at radius 3 is 2.59 bits per heavy atom. The van der Waals surface area contributed by atoms with Crippen LogP contribution < -0.4 is 10.6 Å². The Hall–Kier alpha value is -1.35. The summed E-state index contributed by atoms with van der Waals surface area (Å²) in [5.74, 6) is 0.335. The van der Waals surface area contributed by atoms with Crippen molar-refractivity contribution < 1.29 is 4.79 Å². The summed E-state index contributed by atoms with van der Waals surface area (Å²) in [4.78, 5) is 12.7. The Morgan fingerprint density at radius 2 is 2.00 bits per heavy atom. The smallest absolute Gasteiger partial charge is 0.223 e. The maximum absolute atomic E-state index is 12.7. The molecule has 122 valence electrons. The molecule has 0 saturated carbocycles. The summed E-state index contributed by atoms with van der Waals surface area (Å²) in [6.07, 6.45) is 1.86. The molecule has 1 fully saturated rings. The number of aryl methyl sites for hydroxylation is 1. The van der Waals surface area contributed by atoms with Crippen LogP contribution in [0.4, 0.5) is 0 Å². The van der Waals surface area contributed by atoms with Gasteiger partial charge in [0, 0.05) is 12.0 Å². The zero-order valence-electron chi connectivity index (χ0n) is 14.6. The van der Waals surface area contributed by atoms with Crippen molar-refractivity contribution in [1.29, 1.82) is 0 Å². The lowest BCUT2D eigenvalue weighted by Gasteiger charge is -2.35. The molecule has 2 N–H and O–H groups in total. The summed E-state index contributed by atoms with van der Waals surface area (Å²) >= 11 is 0. The lowest BCUT2D eigenvalue weighted by Crippen LogP contribution is -2.45. The van der Waals surface area contributed by atoms with Gasteiger partial charge in [0.2, 0.25) is 5.91 Å². The molecular formula is C19H30N2O. The third kappa shape index (κ3) is 4.10. The van der Waals surface area contributed by atoms with Crippen LogP contribution in [0.1, 0.15) is 57.7 Å². The van der Waals surface area contributed by atoms with Crippen LogP contribution in [0.2, 0.25) is 0 Å². The van der Waals surface area contributed by atoms with Crippen LogP contribution in [-0.4, -0.2) is 18.5 Å². The van der Waals surface area contributed by atoms with Gasteiger partial charge >= 0.3 is 0 Å². The molecule has 0 aliphatic carbocycles. The lowest BCUT2D eigenvalue weighted by molar-refractivity contribution is -0.127. The van der Waals surface area contributed by atoms with Crippen molar-refractivity contribution in [2.45, 2.75) is 59.5 Å². The number of amides is 1. The molecule has 1 amide bonds. The highest BCUT2D eigenvalue weighted by molar-refractivity contribution is 5.79. The number of hydrogen-bond donors (Lipinski definition) is 2. The Balaban J connectivity index is 2.17. The van der Waals surface area contributed by atoms with E-state index < -0.39 is 0 Å². The first kappa shape index (κ1) is 17.0. The average Bonchev–Trinajstić information content (AvgIpc) is 2.44. The third-order valence-electron chi connectivity index (χ3n) is 4.65. The SMILES string of the molecule is Cc1ccccc1C(NC(=O)[C@H]1CCN[C@@H](C)C1)C(C)(C)C. The van der Waals surface area contributed by atoms with Crippen LogP contribution in [-0.2, 0) is 4.79 Å². The van der Waals surface area contributed by atoms with Crippen LogP contribution in [0.5, 0.6) is 0 Å². The first-order chi connectivity index (χ1) is 10.3. The van der Waals surface area contributed by atoms with Crippen molar-refractivity contribution in [3.8, 4) is 0 Å². The number of carbonyl (C=O) groups excluding carboxylic acids is 1. The summed E-state index contributed by atoms with van der Waals surface area (Å²) in [5.41, 5.74) is 2.45. The summed E-state index contributed by atoms with van der Waals surface area (Å²) in [7, 11) is 0. The van der Waals surface area contributed by atoms with Gasteiger partial charge in [-0.3, -0.25) is 4.79 Å². The zero-order chi connectivity index (χ0) is 16.3. The van der Waals surface area contributed by atoms with Crippen LogP contribution in [0.3, 0.4) is 0 Å². The van der Waals surface area contributed by atoms with Gasteiger partial charge in [0.25, 0.3) is 0 Å². The number of hydrogen-bond acceptors (Lipinski definition) is 2. The standard InChI is InChI=1S/C19H30N2O/c1-13-8-6-7-9-16(13)17(19(3,4)5)21-18(22)15-10-11-20-14(2)12-15/h6-9,14-15,17,20H,10-12H2,1-5H3,(H,21,22)/t14-,15-,17?/m0/s1. The van der Waals surface area contributed by atoms with Gasteiger partial charge in [0.05, 0.1) is 6.04 Å². The fourth-order valence-corrected chi connectivity index (χ4v) is 3.30. The highest BCUT2D eigenvalue weighted by Crippen LogP contribution is 2.35. The van der Waals surface area contributed by atoms with E-state index >= 15 is 0 Å². The van der Waals surface area contributed by atoms with E-state index in [9.17, 15) is 4.79 Å². The van der Waals surface area contributed by atoms with Crippen molar-refractivity contribution in [1.82, 2.24) is 10.6 Å². The highest BCUT2D eigenvalue weighted by Gasteiger charge is 2.32. The summed E-state index contributed by atoms with van der Waals surface area (Å²) in [6.45, 7) is 11.8. The molecule has 1 heterocycles. The number of nitrogens with one attached hydrogen (secondary N) is 2. The van der Waals surface area contributed by atoms with Crippen LogP contribution >= 0.6 is 0 Å². The topological polar surface area (TPSA) is 41.1 Å². The molecule has 22 heavy (non-hydrogen) atoms. The second kappa shape index (κ2) is 6.82. The number of carbonyl (C=O) groups is 1. The van der Waals surface area contributed by atoms with Gasteiger partial charge in [-0.25, -0.2) is 0 Å². The second-order valence-corrected chi connectivity index (χ2v) is 7.74. The first-order valence-corrected chi connectivity index (χ1v) is 8.38. The molecular weight excluding hydrogens is 272 g/mol. The van der Waals surface area contributed by atoms with Gasteiger partial charge in [-0.05, 0) is 49.8 Å². The van der Waals surface area contributed by atoms with Gasteiger partial charge in [-0.2, -0.15) is 0 Å². The minimum absolute atomic E-state index is 0.0136. The molecule has 0 spiro atoms. The Kier molecular flexibility index (Phi) is 5.28. The highest BCUT2D eigenvalue weighted by atomic mass is 16.2. The van der Waals surface area contributed by atoms with E-state index in [2.05, 4.69) is 69.5 Å². The predicted octanol–water partition coefficient (Wildman–Crippen LogP) is 3.59. The first-order valence-electron chi connectivity index (χ1n) is 8.38. The number of benzene rings is 1. The molecule has 0 bridgehead atoms. The van der Waals surface area contributed by atoms with E-state index in [1.807, 2.05) is 0 Å². The molecule has 0 aromatic heterocycles. The Labute approximate surface area is 134 Å². The second-order valence-electron chi connectivity index (χ2n) is 7.74. The van der Waals surface area contributed by atoms with Gasteiger partial charge in [0.15, 0.2) is 0 Å². The minimum atomic E-state index is -0.0136. The molecule has 1 unspecified atom stereocenters. The van der Waals surface area contributed by atoms with Crippen molar-refractivity contribution in [3.63, 3.8) is 0 Å². The molecule has 0 radical (unpaired) electrons. The molecule has 3 nitrogen and oxygen atoms in total. The van der Waals surface area contributed by atoms with E-state index in [4.69, 9.17) is 0 Å². The molecule has 3 heteroatoms. The summed E-state index contributed by atoms with van der Waals surface area (Å²) in [5, 5.41) is 6.75. The number of piperidine rings is 1. The quantitative estimate of drug-likeness (QED) is 0.896. The molecule has 1 aromatic rings. The molecule has 1 aromatic carbocycles. The fraction of sp³-hybridized carbons (Fsp3) is 0.632. The van der Waals surface area contributed by atoms with Gasteiger partial charge < -0.3 is 10.6 Å². The molecule has 3 atom stereocenters. The van der Waals surface area contributed by atoms with Crippen molar-refractivity contribution in [2.24, 2.45) is 11.3 Å². The molecule has 2 rings (SSSR count). The van der Waals surface area contributed by atoms with E-state index in [0.29, 0.717) is 6.04 Å². The van der Waals surface area contributed by atoms with Crippen LogP contribution in [0.25, 0.3) is 0 Å². The van der Waals surface area contributed by atoms with Crippen LogP contribution in [0.15, 0.2) is 24.3 Å². The van der Waals surface area contributed by atoms with Crippen molar-refractivity contribution >= 4 is 5.91 Å².